The van der Waals surface area contributed by atoms with Crippen LogP contribution in [-0.2, 0) is 9.59 Å². The van der Waals surface area contributed by atoms with Crippen molar-refractivity contribution in [2.24, 2.45) is 11.3 Å². The molecule has 2 atom stereocenters. The predicted molar refractivity (Wildman–Crippen MR) is 71.8 cm³/mol. The summed E-state index contributed by atoms with van der Waals surface area (Å²) in [6.07, 6.45) is 4.03. The number of piperidine rings is 2. The third kappa shape index (κ3) is 2.91. The Hall–Kier alpha value is -1.10. The number of amides is 1. The molecule has 5 heteroatoms. The number of carbonyl (C=O) groups is 2. The Morgan fingerprint density at radius 3 is 2.79 bits per heavy atom. The van der Waals surface area contributed by atoms with Crippen molar-refractivity contribution >= 4 is 11.9 Å². The molecule has 108 valence electrons. The van der Waals surface area contributed by atoms with Crippen LogP contribution in [0, 0.1) is 11.3 Å². The molecule has 0 bridgehead atoms. The quantitative estimate of drug-likeness (QED) is 0.804. The van der Waals surface area contributed by atoms with Crippen molar-refractivity contribution < 1.29 is 14.7 Å². The molecular formula is C14H24N2O3. The summed E-state index contributed by atoms with van der Waals surface area (Å²) in [6, 6.07) is 0. The van der Waals surface area contributed by atoms with E-state index in [1.54, 1.807) is 4.90 Å². The molecule has 2 aliphatic rings. The molecule has 2 rings (SSSR count). The first-order chi connectivity index (χ1) is 9.09. The lowest BCUT2D eigenvalue weighted by molar-refractivity contribution is -0.156. The van der Waals surface area contributed by atoms with Crippen molar-refractivity contribution in [1.29, 1.82) is 0 Å². The molecule has 5 nitrogen and oxygen atoms in total. The zero-order valence-corrected chi connectivity index (χ0v) is 11.7. The average Bonchev–Trinajstić information content (AvgIpc) is 2.47. The molecule has 2 heterocycles. The van der Waals surface area contributed by atoms with Crippen LogP contribution in [0.25, 0.3) is 0 Å². The molecule has 19 heavy (non-hydrogen) atoms. The van der Waals surface area contributed by atoms with Crippen molar-refractivity contribution in [2.75, 3.05) is 26.2 Å². The zero-order chi connectivity index (χ0) is 13.9. The van der Waals surface area contributed by atoms with Gasteiger partial charge in [-0.3, -0.25) is 9.59 Å². The fraction of sp³-hybridized carbons (Fsp3) is 0.857. The number of aliphatic carboxylic acids is 1. The van der Waals surface area contributed by atoms with Crippen LogP contribution in [0.1, 0.15) is 39.0 Å². The Labute approximate surface area is 114 Å². The molecule has 0 aromatic rings. The van der Waals surface area contributed by atoms with Gasteiger partial charge in [0.25, 0.3) is 0 Å². The van der Waals surface area contributed by atoms with Gasteiger partial charge in [-0.1, -0.05) is 6.92 Å². The largest absolute Gasteiger partial charge is 0.481 e. The first-order valence-electron chi connectivity index (χ1n) is 7.32. The summed E-state index contributed by atoms with van der Waals surface area (Å²) >= 11 is 0. The second-order valence-corrected chi connectivity index (χ2v) is 5.85. The molecule has 0 aromatic carbocycles. The highest BCUT2D eigenvalue weighted by Crippen LogP contribution is 2.34. The Balaban J connectivity index is 2.03. The second-order valence-electron chi connectivity index (χ2n) is 5.85. The van der Waals surface area contributed by atoms with Crippen LogP contribution in [0.5, 0.6) is 0 Å². The van der Waals surface area contributed by atoms with Crippen LogP contribution >= 0.6 is 0 Å². The molecule has 0 spiro atoms. The van der Waals surface area contributed by atoms with Crippen molar-refractivity contribution in [3.8, 4) is 0 Å². The average molecular weight is 268 g/mol. The highest BCUT2D eigenvalue weighted by Gasteiger charge is 2.43. The number of carboxylic acid groups (broad SMARTS) is 1. The van der Waals surface area contributed by atoms with E-state index in [0.29, 0.717) is 25.9 Å². The van der Waals surface area contributed by atoms with Gasteiger partial charge in [-0.25, -0.2) is 0 Å². The molecule has 2 unspecified atom stereocenters. The van der Waals surface area contributed by atoms with Gasteiger partial charge in [0.05, 0.1) is 11.3 Å². The fourth-order valence-electron chi connectivity index (χ4n) is 3.26. The fourth-order valence-corrected chi connectivity index (χ4v) is 3.26. The standard InChI is InChI=1S/C14H24N2O3/c1-2-14(13(18)19)6-4-8-16(10-14)12(17)11-5-3-7-15-9-11/h11,15H,2-10H2,1H3,(H,18,19). The highest BCUT2D eigenvalue weighted by molar-refractivity contribution is 5.81. The molecule has 2 fully saturated rings. The summed E-state index contributed by atoms with van der Waals surface area (Å²) in [5.74, 6) is -0.574. The summed E-state index contributed by atoms with van der Waals surface area (Å²) in [7, 11) is 0. The first-order valence-corrected chi connectivity index (χ1v) is 7.32. The molecular weight excluding hydrogens is 244 g/mol. The molecule has 0 saturated carbocycles. The minimum absolute atomic E-state index is 0.0372. The first kappa shape index (κ1) is 14.3. The maximum Gasteiger partial charge on any atom is 0.311 e. The van der Waals surface area contributed by atoms with E-state index >= 15 is 0 Å². The number of hydrogen-bond donors (Lipinski definition) is 2. The Morgan fingerprint density at radius 1 is 1.42 bits per heavy atom. The Morgan fingerprint density at radius 2 is 2.21 bits per heavy atom. The summed E-state index contributed by atoms with van der Waals surface area (Å²) in [6.45, 7) is 4.72. The van der Waals surface area contributed by atoms with Gasteiger partial charge in [-0.2, -0.15) is 0 Å². The summed E-state index contributed by atoms with van der Waals surface area (Å²) in [5.41, 5.74) is -0.726. The minimum atomic E-state index is -0.755. The molecule has 0 aromatic heterocycles. The van der Waals surface area contributed by atoms with E-state index in [0.717, 1.165) is 32.4 Å². The number of nitrogens with one attached hydrogen (secondary N) is 1. The van der Waals surface area contributed by atoms with Crippen molar-refractivity contribution in [1.82, 2.24) is 10.2 Å². The van der Waals surface area contributed by atoms with Gasteiger partial charge < -0.3 is 15.3 Å². The molecule has 2 aliphatic heterocycles. The maximum atomic E-state index is 12.5. The lowest BCUT2D eigenvalue weighted by atomic mass is 9.77. The zero-order valence-electron chi connectivity index (χ0n) is 11.7. The number of nitrogens with zero attached hydrogens (tertiary/aromatic N) is 1. The molecule has 0 aliphatic carbocycles. The van der Waals surface area contributed by atoms with Crippen molar-refractivity contribution in [3.05, 3.63) is 0 Å². The van der Waals surface area contributed by atoms with Gasteiger partial charge in [0, 0.05) is 19.6 Å². The predicted octanol–water partition coefficient (Wildman–Crippen LogP) is 1.09. The van der Waals surface area contributed by atoms with Crippen LogP contribution in [-0.4, -0.2) is 48.1 Å². The van der Waals surface area contributed by atoms with Crippen molar-refractivity contribution in [2.45, 2.75) is 39.0 Å². The third-order valence-corrected chi connectivity index (χ3v) is 4.67. The van der Waals surface area contributed by atoms with Crippen molar-refractivity contribution in [3.63, 3.8) is 0 Å². The number of hydrogen-bond acceptors (Lipinski definition) is 3. The van der Waals surface area contributed by atoms with E-state index in [2.05, 4.69) is 5.32 Å². The normalized spacial score (nSPS) is 32.1. The monoisotopic (exact) mass is 268 g/mol. The van der Waals surface area contributed by atoms with E-state index in [-0.39, 0.29) is 11.8 Å². The van der Waals surface area contributed by atoms with Crippen LogP contribution in [0.2, 0.25) is 0 Å². The molecule has 1 amide bonds. The lowest BCUT2D eigenvalue weighted by Gasteiger charge is -2.41. The van der Waals surface area contributed by atoms with Crippen LogP contribution < -0.4 is 5.32 Å². The molecule has 0 radical (unpaired) electrons. The van der Waals surface area contributed by atoms with E-state index in [1.807, 2.05) is 6.92 Å². The number of rotatable bonds is 3. The Kier molecular flexibility index (Phi) is 4.45. The highest BCUT2D eigenvalue weighted by atomic mass is 16.4. The summed E-state index contributed by atoms with van der Waals surface area (Å²) < 4.78 is 0. The number of carboxylic acids is 1. The van der Waals surface area contributed by atoms with Gasteiger partial charge in [0.2, 0.25) is 5.91 Å². The molecule has 2 saturated heterocycles. The van der Waals surface area contributed by atoms with E-state index < -0.39 is 11.4 Å². The van der Waals surface area contributed by atoms with Gasteiger partial charge >= 0.3 is 5.97 Å². The third-order valence-electron chi connectivity index (χ3n) is 4.67. The SMILES string of the molecule is CCC1(C(=O)O)CCCN(C(=O)C2CCCNC2)C1. The van der Waals surface area contributed by atoms with Gasteiger partial charge in [0.15, 0.2) is 0 Å². The van der Waals surface area contributed by atoms with Crippen LogP contribution in [0.4, 0.5) is 0 Å². The maximum absolute atomic E-state index is 12.5. The van der Waals surface area contributed by atoms with Gasteiger partial charge in [-0.05, 0) is 38.6 Å². The smallest absolute Gasteiger partial charge is 0.311 e. The van der Waals surface area contributed by atoms with Crippen LogP contribution in [0.3, 0.4) is 0 Å². The second kappa shape index (κ2) is 5.90. The lowest BCUT2D eigenvalue weighted by Crippen LogP contribution is -2.52. The van der Waals surface area contributed by atoms with E-state index in [9.17, 15) is 14.7 Å². The molecule has 2 N–H and O–H groups in total. The van der Waals surface area contributed by atoms with Gasteiger partial charge in [0.1, 0.15) is 0 Å². The van der Waals surface area contributed by atoms with E-state index in [1.165, 1.54) is 0 Å². The van der Waals surface area contributed by atoms with Gasteiger partial charge in [-0.15, -0.1) is 0 Å². The van der Waals surface area contributed by atoms with E-state index in [4.69, 9.17) is 0 Å². The summed E-state index contributed by atoms with van der Waals surface area (Å²) in [4.78, 5) is 25.8. The Bertz CT molecular complexity index is 353. The summed E-state index contributed by atoms with van der Waals surface area (Å²) in [5, 5.41) is 12.7. The topological polar surface area (TPSA) is 69.6 Å². The number of carbonyl (C=O) groups excluding carboxylic acids is 1. The minimum Gasteiger partial charge on any atom is -0.481 e. The van der Waals surface area contributed by atoms with Crippen LogP contribution in [0.15, 0.2) is 0 Å². The number of likely N-dealkylation sites (tertiary alicyclic amines) is 1.